The zero-order chi connectivity index (χ0) is 23.6. The van der Waals surface area contributed by atoms with Crippen LogP contribution >= 0.6 is 6.89 Å². The quantitative estimate of drug-likeness (QED) is 0.150. The van der Waals surface area contributed by atoms with Gasteiger partial charge in [-0.15, -0.1) is 0 Å². The molecule has 0 bridgehead atoms. The van der Waals surface area contributed by atoms with Gasteiger partial charge in [-0.3, -0.25) is 0 Å². The van der Waals surface area contributed by atoms with Gasteiger partial charge in [0.05, 0.1) is 0 Å². The molecule has 0 aliphatic heterocycles. The van der Waals surface area contributed by atoms with Crippen LogP contribution in [-0.2, 0) is 0 Å². The van der Waals surface area contributed by atoms with Gasteiger partial charge in [-0.1, -0.05) is 85.2 Å². The maximum Gasteiger partial charge on any atom is 0.167 e. The minimum absolute atomic E-state index is 0.0629. The van der Waals surface area contributed by atoms with Gasteiger partial charge in [0.15, 0.2) is 23.3 Å². The maximum atomic E-state index is 15.3. The third-order valence-corrected chi connectivity index (χ3v) is 10.2. The van der Waals surface area contributed by atoms with Crippen molar-refractivity contribution in [2.24, 2.45) is 0 Å². The summed E-state index contributed by atoms with van der Waals surface area (Å²) in [5.74, 6) is -4.31. The normalized spacial score (nSPS) is 12.2. The van der Waals surface area contributed by atoms with E-state index in [-0.39, 0.29) is 10.6 Å². The van der Waals surface area contributed by atoms with Crippen LogP contribution < -0.4 is 15.9 Å². The SMILES string of the molecule is C=P(c1cccc(F)c1F)(c1cccc(F)c1F)c1ccc2ccc3cccc4ccc1c2c34. The van der Waals surface area contributed by atoms with Crippen LogP contribution in [0.25, 0.3) is 32.3 Å². The number of rotatable bonds is 3. The summed E-state index contributed by atoms with van der Waals surface area (Å²) in [5.41, 5.74) is 0. The minimum atomic E-state index is -3.39. The minimum Gasteiger partial charge on any atom is -0.204 e. The van der Waals surface area contributed by atoms with Crippen molar-refractivity contribution in [3.63, 3.8) is 0 Å². The first-order valence-corrected chi connectivity index (χ1v) is 12.7. The molecule has 166 valence electrons. The van der Waals surface area contributed by atoms with Crippen molar-refractivity contribution in [3.8, 4) is 0 Å². The molecular formula is C29H17F4P. The summed E-state index contributed by atoms with van der Waals surface area (Å²) in [7, 11) is 0. The molecule has 0 saturated carbocycles. The Bertz CT molecular complexity index is 1720. The van der Waals surface area contributed by atoms with E-state index in [2.05, 4.69) is 6.30 Å². The first kappa shape index (κ1) is 20.9. The molecule has 6 aromatic rings. The highest BCUT2D eigenvalue weighted by atomic mass is 31.2. The molecule has 0 saturated heterocycles. The second kappa shape index (κ2) is 7.44. The Morgan fingerprint density at radius 1 is 0.471 bits per heavy atom. The number of benzene rings is 6. The molecule has 0 aliphatic rings. The van der Waals surface area contributed by atoms with Crippen molar-refractivity contribution in [2.75, 3.05) is 0 Å². The highest BCUT2D eigenvalue weighted by molar-refractivity contribution is 7.93. The smallest absolute Gasteiger partial charge is 0.167 e. The summed E-state index contributed by atoms with van der Waals surface area (Å²) in [6.45, 7) is -3.39. The fourth-order valence-corrected chi connectivity index (χ4v) is 8.29. The van der Waals surface area contributed by atoms with Gasteiger partial charge < -0.3 is 0 Å². The molecule has 0 amide bonds. The van der Waals surface area contributed by atoms with E-state index in [9.17, 15) is 8.78 Å². The summed E-state index contributed by atoms with van der Waals surface area (Å²) in [5, 5.41) is 6.21. The van der Waals surface area contributed by atoms with Crippen molar-refractivity contribution in [1.29, 1.82) is 0 Å². The van der Waals surface area contributed by atoms with Crippen LogP contribution in [0.2, 0.25) is 0 Å². The van der Waals surface area contributed by atoms with Gasteiger partial charge in [-0.05, 0) is 56.6 Å². The summed E-state index contributed by atoms with van der Waals surface area (Å²) in [6, 6.07) is 25.2. The van der Waals surface area contributed by atoms with Crippen molar-refractivity contribution in [2.45, 2.75) is 0 Å². The van der Waals surface area contributed by atoms with Gasteiger partial charge in [0.1, 0.15) is 0 Å². The van der Waals surface area contributed by atoms with E-state index < -0.39 is 30.2 Å². The number of hydrogen-bond donors (Lipinski definition) is 0. The van der Waals surface area contributed by atoms with E-state index >= 15 is 8.78 Å². The molecule has 0 nitrogen and oxygen atoms in total. The lowest BCUT2D eigenvalue weighted by Gasteiger charge is -2.29. The maximum absolute atomic E-state index is 15.3. The molecule has 5 heteroatoms. The molecule has 0 N–H and O–H groups in total. The lowest BCUT2D eigenvalue weighted by atomic mass is 9.94. The first-order valence-electron chi connectivity index (χ1n) is 10.7. The van der Waals surface area contributed by atoms with Gasteiger partial charge in [-0.2, -0.15) is 0 Å². The fourth-order valence-electron chi connectivity index (χ4n) is 5.02. The topological polar surface area (TPSA) is 0 Å². The van der Waals surface area contributed by atoms with Crippen molar-refractivity contribution in [3.05, 3.63) is 114 Å². The average Bonchev–Trinajstić information content (AvgIpc) is 2.85. The predicted molar refractivity (Wildman–Crippen MR) is 136 cm³/mol. The van der Waals surface area contributed by atoms with E-state index in [0.29, 0.717) is 5.30 Å². The second-order valence-electron chi connectivity index (χ2n) is 8.40. The Labute approximate surface area is 193 Å². The van der Waals surface area contributed by atoms with E-state index in [1.165, 1.54) is 24.3 Å². The van der Waals surface area contributed by atoms with E-state index in [1.54, 1.807) is 6.07 Å². The second-order valence-corrected chi connectivity index (χ2v) is 11.5. The lowest BCUT2D eigenvalue weighted by Crippen LogP contribution is -2.31. The predicted octanol–water partition coefficient (Wildman–Crippen LogP) is 6.87. The molecule has 0 aromatic heterocycles. The third-order valence-electron chi connectivity index (χ3n) is 6.60. The average molecular weight is 472 g/mol. The first-order chi connectivity index (χ1) is 16.4. The Morgan fingerprint density at radius 3 is 1.53 bits per heavy atom. The van der Waals surface area contributed by atoms with Gasteiger partial charge in [0.2, 0.25) is 0 Å². The zero-order valence-corrected chi connectivity index (χ0v) is 18.7. The molecule has 34 heavy (non-hydrogen) atoms. The van der Waals surface area contributed by atoms with Crippen LogP contribution in [0.15, 0.2) is 91.0 Å². The van der Waals surface area contributed by atoms with Crippen LogP contribution in [0.1, 0.15) is 0 Å². The van der Waals surface area contributed by atoms with Crippen LogP contribution in [0.5, 0.6) is 0 Å². The van der Waals surface area contributed by atoms with Gasteiger partial charge in [-0.25, -0.2) is 17.6 Å². The van der Waals surface area contributed by atoms with Gasteiger partial charge in [0, 0.05) is 10.6 Å². The van der Waals surface area contributed by atoms with E-state index in [1.807, 2.05) is 48.5 Å². The molecule has 0 radical (unpaired) electrons. The van der Waals surface area contributed by atoms with E-state index in [4.69, 9.17) is 0 Å². The lowest BCUT2D eigenvalue weighted by molar-refractivity contribution is 0.513. The third kappa shape index (κ3) is 2.79. The summed E-state index contributed by atoms with van der Waals surface area (Å²) >= 11 is 0. The number of halogens is 4. The monoisotopic (exact) mass is 472 g/mol. The largest absolute Gasteiger partial charge is 0.204 e. The van der Waals surface area contributed by atoms with Crippen molar-refractivity contribution in [1.82, 2.24) is 0 Å². The highest BCUT2D eigenvalue weighted by Crippen LogP contribution is 2.47. The molecule has 0 aliphatic carbocycles. The molecule has 0 unspecified atom stereocenters. The van der Waals surface area contributed by atoms with Gasteiger partial charge >= 0.3 is 0 Å². The van der Waals surface area contributed by atoms with Crippen molar-refractivity contribution >= 4 is 61.4 Å². The molecule has 6 aromatic carbocycles. The molecular weight excluding hydrogens is 455 g/mol. The summed E-state index contributed by atoms with van der Waals surface area (Å²) in [4.78, 5) is 0. The van der Waals surface area contributed by atoms with Crippen LogP contribution in [0, 0.1) is 23.3 Å². The van der Waals surface area contributed by atoms with E-state index in [0.717, 1.165) is 44.5 Å². The van der Waals surface area contributed by atoms with Crippen LogP contribution in [-0.4, -0.2) is 6.30 Å². The van der Waals surface area contributed by atoms with Crippen LogP contribution in [0.4, 0.5) is 17.6 Å². The fraction of sp³-hybridized carbons (Fsp3) is 0. The standard InChI is InChI=1S/C29H17F4P/c1-34(24-9-3-7-21(30)28(24)32,25-10-4-8-22(31)29(25)33)23-16-14-19-12-11-17-5-2-6-18-13-15-20(23)27(19)26(17)18/h2-16H,1H2. The summed E-state index contributed by atoms with van der Waals surface area (Å²) in [6.07, 6.45) is 4.36. The molecule has 0 fully saturated rings. The van der Waals surface area contributed by atoms with Crippen LogP contribution in [0.3, 0.4) is 0 Å². The number of hydrogen-bond acceptors (Lipinski definition) is 0. The molecule has 0 atom stereocenters. The molecule has 0 spiro atoms. The Kier molecular flexibility index (Phi) is 4.59. The summed E-state index contributed by atoms with van der Waals surface area (Å²) < 4.78 is 59.4. The zero-order valence-electron chi connectivity index (χ0n) is 17.8. The molecule has 6 rings (SSSR count). The Hall–Kier alpha value is -3.62. The Morgan fingerprint density at radius 2 is 0.941 bits per heavy atom. The molecule has 0 heterocycles. The van der Waals surface area contributed by atoms with Crippen molar-refractivity contribution < 1.29 is 17.6 Å². The Balaban J connectivity index is 1.82. The van der Waals surface area contributed by atoms with Gasteiger partial charge in [0.25, 0.3) is 0 Å². The highest BCUT2D eigenvalue weighted by Gasteiger charge is 2.32.